The number of halogens is 1. The number of aryl methyl sites for hydroxylation is 2. The van der Waals surface area contributed by atoms with Crippen molar-refractivity contribution in [3.63, 3.8) is 0 Å². The second-order valence-electron chi connectivity index (χ2n) is 7.57. The molecular weight excluding hydrogens is 386 g/mol. The zero-order valence-corrected chi connectivity index (χ0v) is 16.8. The molecule has 2 aliphatic rings. The number of benzene rings is 1. The van der Waals surface area contributed by atoms with Gasteiger partial charge in [-0.1, -0.05) is 23.7 Å². The summed E-state index contributed by atoms with van der Waals surface area (Å²) in [4.78, 5) is 25.7. The predicted molar refractivity (Wildman–Crippen MR) is 111 cm³/mol. The van der Waals surface area contributed by atoms with E-state index >= 15 is 0 Å². The molecule has 5 rings (SSSR count). The van der Waals surface area contributed by atoms with Crippen LogP contribution in [0.5, 0.6) is 0 Å². The van der Waals surface area contributed by atoms with E-state index in [0.717, 1.165) is 36.6 Å². The Hall–Kier alpha value is -2.70. The van der Waals surface area contributed by atoms with E-state index in [-0.39, 0.29) is 12.1 Å². The second kappa shape index (κ2) is 7.61. The Bertz CT molecular complexity index is 1030. The number of carbonyl (C=O) groups is 1. The molecule has 2 aromatic heterocycles. The van der Waals surface area contributed by atoms with Gasteiger partial charge in [-0.05, 0) is 47.7 Å². The number of rotatable bonds is 1. The molecule has 1 aliphatic heterocycles. The van der Waals surface area contributed by atoms with Crippen LogP contribution in [0, 0.1) is 0 Å². The number of amides is 1. The van der Waals surface area contributed by atoms with Crippen molar-refractivity contribution < 1.29 is 4.79 Å². The molecule has 0 N–H and O–H groups in total. The normalized spacial score (nSPS) is 19.3. The highest BCUT2D eigenvalue weighted by Crippen LogP contribution is 2.37. The number of carbonyl (C=O) groups excluding carboxylic acids is 1. The quantitative estimate of drug-likeness (QED) is 0.620. The van der Waals surface area contributed by atoms with Gasteiger partial charge in [0.05, 0.1) is 11.7 Å². The van der Waals surface area contributed by atoms with E-state index in [0.29, 0.717) is 13.1 Å². The van der Waals surface area contributed by atoms with Crippen LogP contribution in [-0.4, -0.2) is 56.5 Å². The number of nitrogens with zero attached hydrogens (tertiary/aromatic N) is 5. The number of fused-ring (bicyclic) bond motifs is 2. The van der Waals surface area contributed by atoms with E-state index in [9.17, 15) is 4.79 Å². The smallest absolute Gasteiger partial charge is 0.321 e. The molecular formula is C22H22ClN5O. The van der Waals surface area contributed by atoms with Gasteiger partial charge < -0.3 is 4.90 Å². The molecule has 0 spiro atoms. The lowest BCUT2D eigenvalue weighted by Gasteiger charge is -2.39. The minimum absolute atomic E-state index is 0.0197. The summed E-state index contributed by atoms with van der Waals surface area (Å²) in [6.45, 7) is 2.95. The molecule has 0 radical (unpaired) electrons. The first-order valence-electron chi connectivity index (χ1n) is 9.94. The van der Waals surface area contributed by atoms with Crippen LogP contribution in [0.15, 0.2) is 55.2 Å². The summed E-state index contributed by atoms with van der Waals surface area (Å²) in [5.41, 5.74) is 4.99. The van der Waals surface area contributed by atoms with Gasteiger partial charge in [0.25, 0.3) is 0 Å². The summed E-state index contributed by atoms with van der Waals surface area (Å²) in [5, 5.41) is 0.775. The molecule has 3 aromatic rings. The van der Waals surface area contributed by atoms with Crippen molar-refractivity contribution in [1.29, 1.82) is 0 Å². The van der Waals surface area contributed by atoms with Crippen molar-refractivity contribution in [2.24, 2.45) is 0 Å². The molecule has 1 fully saturated rings. The molecule has 1 amide bonds. The molecule has 1 aromatic carbocycles. The fourth-order valence-electron chi connectivity index (χ4n) is 4.46. The average molecular weight is 408 g/mol. The van der Waals surface area contributed by atoms with Crippen LogP contribution in [-0.2, 0) is 12.8 Å². The molecule has 0 bridgehead atoms. The monoisotopic (exact) mass is 407 g/mol. The molecule has 3 heterocycles. The van der Waals surface area contributed by atoms with Crippen LogP contribution < -0.4 is 0 Å². The molecule has 1 atom stereocenters. The Morgan fingerprint density at radius 1 is 1.03 bits per heavy atom. The Kier molecular flexibility index (Phi) is 4.81. The molecule has 29 heavy (non-hydrogen) atoms. The summed E-state index contributed by atoms with van der Waals surface area (Å²) < 4.78 is 1.54. The Balaban J connectivity index is 1.44. The van der Waals surface area contributed by atoms with Gasteiger partial charge in [0.15, 0.2) is 0 Å². The SMILES string of the molecule is O=C(N1CCN(C2c3ccc(Cl)cc3CCc3cccnc32)CC1)n1ccnc1. The standard InChI is InChI=1S/C22H22ClN5O/c23-18-5-6-19-17(14-18)4-3-16-2-1-7-25-20(16)21(19)26-10-12-27(13-11-26)22(29)28-9-8-24-15-28/h1-2,5-9,14-15,21H,3-4,10-13H2. The molecule has 148 valence electrons. The fraction of sp³-hybridized carbons (Fsp3) is 0.318. The summed E-state index contributed by atoms with van der Waals surface area (Å²) >= 11 is 6.30. The Labute approximate surface area is 174 Å². The third kappa shape index (κ3) is 3.43. The Morgan fingerprint density at radius 3 is 2.66 bits per heavy atom. The van der Waals surface area contributed by atoms with Gasteiger partial charge in [0.1, 0.15) is 6.33 Å². The predicted octanol–water partition coefficient (Wildman–Crippen LogP) is 3.41. The summed E-state index contributed by atoms with van der Waals surface area (Å²) in [7, 11) is 0. The van der Waals surface area contributed by atoms with E-state index in [1.54, 1.807) is 18.7 Å². The van der Waals surface area contributed by atoms with Crippen LogP contribution >= 0.6 is 11.6 Å². The lowest BCUT2D eigenvalue weighted by atomic mass is 9.96. The molecule has 0 saturated carbocycles. The van der Waals surface area contributed by atoms with Crippen LogP contribution in [0.2, 0.25) is 5.02 Å². The number of piperazine rings is 1. The van der Waals surface area contributed by atoms with Gasteiger partial charge in [-0.25, -0.2) is 9.78 Å². The molecule has 1 aliphatic carbocycles. The lowest BCUT2D eigenvalue weighted by molar-refractivity contribution is 0.119. The number of hydrogen-bond donors (Lipinski definition) is 0. The third-order valence-electron chi connectivity index (χ3n) is 5.92. The van der Waals surface area contributed by atoms with Crippen LogP contribution in [0.25, 0.3) is 0 Å². The van der Waals surface area contributed by atoms with Crippen molar-refractivity contribution >= 4 is 17.6 Å². The first kappa shape index (κ1) is 18.3. The molecule has 7 heteroatoms. The maximum absolute atomic E-state index is 12.6. The van der Waals surface area contributed by atoms with Crippen molar-refractivity contribution in [2.75, 3.05) is 26.2 Å². The van der Waals surface area contributed by atoms with Gasteiger partial charge in [-0.3, -0.25) is 14.5 Å². The number of hydrogen-bond acceptors (Lipinski definition) is 4. The summed E-state index contributed by atoms with van der Waals surface area (Å²) in [5.74, 6) is 0. The van der Waals surface area contributed by atoms with Crippen LogP contribution in [0.4, 0.5) is 4.79 Å². The van der Waals surface area contributed by atoms with Crippen molar-refractivity contribution in [3.05, 3.63) is 82.7 Å². The third-order valence-corrected chi connectivity index (χ3v) is 6.16. The number of imidazole rings is 1. The fourth-order valence-corrected chi connectivity index (χ4v) is 4.65. The second-order valence-corrected chi connectivity index (χ2v) is 8.01. The maximum Gasteiger partial charge on any atom is 0.329 e. The number of aromatic nitrogens is 3. The first-order valence-corrected chi connectivity index (χ1v) is 10.3. The van der Waals surface area contributed by atoms with Gasteiger partial charge in [-0.2, -0.15) is 0 Å². The van der Waals surface area contributed by atoms with Gasteiger partial charge in [0.2, 0.25) is 0 Å². The lowest BCUT2D eigenvalue weighted by Crippen LogP contribution is -2.51. The van der Waals surface area contributed by atoms with Crippen molar-refractivity contribution in [1.82, 2.24) is 24.3 Å². The zero-order chi connectivity index (χ0) is 19.8. The van der Waals surface area contributed by atoms with Gasteiger partial charge in [0, 0.05) is 49.8 Å². The number of pyridine rings is 1. The maximum atomic E-state index is 12.6. The first-order chi connectivity index (χ1) is 14.2. The Morgan fingerprint density at radius 2 is 1.86 bits per heavy atom. The van der Waals surface area contributed by atoms with E-state index in [1.807, 2.05) is 23.2 Å². The van der Waals surface area contributed by atoms with Gasteiger partial charge in [-0.15, -0.1) is 0 Å². The topological polar surface area (TPSA) is 54.3 Å². The minimum atomic E-state index is -0.0197. The van der Waals surface area contributed by atoms with Crippen molar-refractivity contribution in [2.45, 2.75) is 18.9 Å². The van der Waals surface area contributed by atoms with E-state index in [2.05, 4.69) is 28.1 Å². The summed E-state index contributed by atoms with van der Waals surface area (Å²) in [6.07, 6.45) is 8.69. The molecule has 1 saturated heterocycles. The molecule has 6 nitrogen and oxygen atoms in total. The average Bonchev–Trinajstić information content (AvgIpc) is 3.24. The van der Waals surface area contributed by atoms with Crippen LogP contribution in [0.1, 0.15) is 28.4 Å². The van der Waals surface area contributed by atoms with E-state index in [4.69, 9.17) is 16.6 Å². The van der Waals surface area contributed by atoms with E-state index in [1.165, 1.54) is 21.3 Å². The van der Waals surface area contributed by atoms with Gasteiger partial charge >= 0.3 is 6.03 Å². The highest BCUT2D eigenvalue weighted by Gasteiger charge is 2.33. The van der Waals surface area contributed by atoms with E-state index < -0.39 is 0 Å². The van der Waals surface area contributed by atoms with Crippen molar-refractivity contribution in [3.8, 4) is 0 Å². The largest absolute Gasteiger partial charge is 0.329 e. The zero-order valence-electron chi connectivity index (χ0n) is 16.0. The minimum Gasteiger partial charge on any atom is -0.321 e. The highest BCUT2D eigenvalue weighted by molar-refractivity contribution is 6.30. The summed E-state index contributed by atoms with van der Waals surface area (Å²) in [6, 6.07) is 10.5. The molecule has 1 unspecified atom stereocenters. The van der Waals surface area contributed by atoms with Crippen LogP contribution in [0.3, 0.4) is 0 Å². The highest BCUT2D eigenvalue weighted by atomic mass is 35.5.